The van der Waals surface area contributed by atoms with Crippen molar-refractivity contribution in [2.45, 2.75) is 45.1 Å². The van der Waals surface area contributed by atoms with Crippen LogP contribution in [0, 0.1) is 13.8 Å². The predicted molar refractivity (Wildman–Crippen MR) is 102 cm³/mol. The van der Waals surface area contributed by atoms with Crippen molar-refractivity contribution in [3.05, 3.63) is 64.7 Å². The first-order valence-corrected chi connectivity index (χ1v) is 10.1. The van der Waals surface area contributed by atoms with Crippen molar-refractivity contribution >= 4 is 21.4 Å². The normalized spacial score (nSPS) is 12.6. The Morgan fingerprint density at radius 2 is 1.72 bits per heavy atom. The van der Waals surface area contributed by atoms with E-state index in [1.807, 2.05) is 44.2 Å². The maximum atomic E-state index is 12.6. The number of sulfone groups is 1. The Balaban J connectivity index is 2.12. The minimum absolute atomic E-state index is 0.135. The molecular formula is C20H25NO3S. The van der Waals surface area contributed by atoms with Crippen molar-refractivity contribution in [3.8, 4) is 0 Å². The lowest BCUT2D eigenvalue weighted by Crippen LogP contribution is -2.33. The van der Waals surface area contributed by atoms with E-state index in [9.17, 15) is 13.2 Å². The van der Waals surface area contributed by atoms with Crippen molar-refractivity contribution in [1.82, 2.24) is 0 Å². The van der Waals surface area contributed by atoms with Crippen LogP contribution >= 0.6 is 0 Å². The van der Waals surface area contributed by atoms with Gasteiger partial charge in [0.1, 0.15) is 5.25 Å². The molecule has 0 heterocycles. The van der Waals surface area contributed by atoms with Gasteiger partial charge in [-0.3, -0.25) is 4.79 Å². The molecule has 0 fully saturated rings. The monoisotopic (exact) mass is 359 g/mol. The third kappa shape index (κ3) is 4.92. The van der Waals surface area contributed by atoms with E-state index in [4.69, 9.17) is 0 Å². The molecule has 1 amide bonds. The van der Waals surface area contributed by atoms with Gasteiger partial charge in [-0.1, -0.05) is 42.8 Å². The van der Waals surface area contributed by atoms with Gasteiger partial charge in [-0.15, -0.1) is 0 Å². The average Bonchev–Trinajstić information content (AvgIpc) is 2.57. The number of carbonyl (C=O) groups is 1. The van der Waals surface area contributed by atoms with Gasteiger partial charge in [0.15, 0.2) is 9.84 Å². The molecule has 2 rings (SSSR count). The van der Waals surface area contributed by atoms with E-state index in [1.165, 1.54) is 6.92 Å². The zero-order valence-electron chi connectivity index (χ0n) is 15.2. The molecule has 1 N–H and O–H groups in total. The molecule has 0 aliphatic rings. The average molecular weight is 359 g/mol. The Kier molecular flexibility index (Phi) is 6.01. The maximum absolute atomic E-state index is 12.6. The van der Waals surface area contributed by atoms with Crippen molar-refractivity contribution < 1.29 is 13.2 Å². The third-order valence-corrected chi connectivity index (χ3v) is 6.40. The summed E-state index contributed by atoms with van der Waals surface area (Å²) in [5.41, 5.74) is 4.43. The second-order valence-corrected chi connectivity index (χ2v) is 8.74. The number of benzene rings is 2. The minimum atomic E-state index is -3.60. The molecule has 0 spiro atoms. The zero-order chi connectivity index (χ0) is 18.6. The molecule has 0 radical (unpaired) electrons. The Hall–Kier alpha value is -2.14. The maximum Gasteiger partial charge on any atom is 0.242 e. The predicted octanol–water partition coefficient (Wildman–Crippen LogP) is 3.81. The van der Waals surface area contributed by atoms with Crippen LogP contribution in [0.4, 0.5) is 5.69 Å². The van der Waals surface area contributed by atoms with Gasteiger partial charge in [-0.25, -0.2) is 8.42 Å². The Labute approximate surface area is 150 Å². The van der Waals surface area contributed by atoms with Crippen LogP contribution in [0.3, 0.4) is 0 Å². The Morgan fingerprint density at radius 1 is 1.08 bits per heavy atom. The summed E-state index contributed by atoms with van der Waals surface area (Å²) in [6, 6.07) is 13.1. The van der Waals surface area contributed by atoms with Crippen LogP contribution in [0.2, 0.25) is 0 Å². The quantitative estimate of drug-likeness (QED) is 0.853. The van der Waals surface area contributed by atoms with Crippen molar-refractivity contribution in [3.63, 3.8) is 0 Å². The zero-order valence-corrected chi connectivity index (χ0v) is 16.0. The largest absolute Gasteiger partial charge is 0.325 e. The first kappa shape index (κ1) is 19.2. The summed E-state index contributed by atoms with van der Waals surface area (Å²) in [7, 11) is -3.60. The summed E-state index contributed by atoms with van der Waals surface area (Å²) in [5, 5.41) is 1.58. The van der Waals surface area contributed by atoms with Crippen LogP contribution in [-0.4, -0.2) is 19.6 Å². The van der Waals surface area contributed by atoms with Gasteiger partial charge in [0.2, 0.25) is 5.91 Å². The minimum Gasteiger partial charge on any atom is -0.325 e. The summed E-state index contributed by atoms with van der Waals surface area (Å²) in [5.74, 6) is -0.640. The molecule has 0 aromatic heterocycles. The summed E-state index contributed by atoms with van der Waals surface area (Å²) >= 11 is 0. The lowest BCUT2D eigenvalue weighted by molar-refractivity contribution is -0.115. The van der Waals surface area contributed by atoms with Crippen LogP contribution in [0.1, 0.15) is 36.1 Å². The van der Waals surface area contributed by atoms with E-state index < -0.39 is 21.0 Å². The first-order valence-electron chi connectivity index (χ1n) is 8.40. The molecule has 2 aromatic carbocycles. The van der Waals surface area contributed by atoms with Gasteiger partial charge in [0, 0.05) is 5.69 Å². The van der Waals surface area contributed by atoms with Crippen molar-refractivity contribution in [2.75, 3.05) is 5.32 Å². The Morgan fingerprint density at radius 3 is 2.32 bits per heavy atom. The highest BCUT2D eigenvalue weighted by molar-refractivity contribution is 7.92. The lowest BCUT2D eigenvalue weighted by atomic mass is 10.1. The number of nitrogens with one attached hydrogen (secondary N) is 1. The highest BCUT2D eigenvalue weighted by Gasteiger charge is 2.28. The standard InChI is InChI=1S/C20H25NO3S/c1-5-17-8-10-19(11-9-17)21-20(22)16(4)25(23,24)13-18-12-14(2)6-7-15(18)3/h6-12,16H,5,13H2,1-4H3,(H,21,22)/t16-/m0/s1. The Bertz CT molecular complexity index is 855. The number of rotatable bonds is 6. The molecule has 2 aromatic rings. The van der Waals surface area contributed by atoms with Crippen LogP contribution in [0.15, 0.2) is 42.5 Å². The summed E-state index contributed by atoms with van der Waals surface area (Å²) in [6.45, 7) is 7.29. The molecule has 0 bridgehead atoms. The molecular weight excluding hydrogens is 334 g/mol. The number of aryl methyl sites for hydroxylation is 3. The molecule has 5 heteroatoms. The number of anilines is 1. The summed E-state index contributed by atoms with van der Waals surface area (Å²) in [6.07, 6.45) is 0.912. The fourth-order valence-corrected chi connectivity index (χ4v) is 3.91. The molecule has 0 aliphatic carbocycles. The molecule has 0 unspecified atom stereocenters. The molecule has 0 saturated carbocycles. The first-order chi connectivity index (χ1) is 11.7. The van der Waals surface area contributed by atoms with E-state index in [0.717, 1.165) is 28.7 Å². The highest BCUT2D eigenvalue weighted by atomic mass is 32.2. The second kappa shape index (κ2) is 7.83. The van der Waals surface area contributed by atoms with E-state index in [0.29, 0.717) is 5.69 Å². The molecule has 1 atom stereocenters. The van der Waals surface area contributed by atoms with Gasteiger partial charge in [0.05, 0.1) is 5.75 Å². The van der Waals surface area contributed by atoms with Gasteiger partial charge >= 0.3 is 0 Å². The topological polar surface area (TPSA) is 63.2 Å². The number of amides is 1. The van der Waals surface area contributed by atoms with E-state index in [-0.39, 0.29) is 5.75 Å². The molecule has 0 aliphatic heterocycles. The molecule has 25 heavy (non-hydrogen) atoms. The van der Waals surface area contributed by atoms with Crippen LogP contribution in [-0.2, 0) is 26.8 Å². The van der Waals surface area contributed by atoms with E-state index in [2.05, 4.69) is 12.2 Å². The fraction of sp³-hybridized carbons (Fsp3) is 0.350. The SMILES string of the molecule is CCc1ccc(NC(=O)[C@H](C)S(=O)(=O)Cc2cc(C)ccc2C)cc1. The van der Waals surface area contributed by atoms with Crippen molar-refractivity contribution in [1.29, 1.82) is 0 Å². The summed E-state index contributed by atoms with van der Waals surface area (Å²) in [4.78, 5) is 12.4. The summed E-state index contributed by atoms with van der Waals surface area (Å²) < 4.78 is 25.3. The second-order valence-electron chi connectivity index (χ2n) is 6.42. The van der Waals surface area contributed by atoms with E-state index in [1.54, 1.807) is 12.1 Å². The molecule has 4 nitrogen and oxygen atoms in total. The van der Waals surface area contributed by atoms with E-state index >= 15 is 0 Å². The number of carbonyl (C=O) groups excluding carboxylic acids is 1. The number of hydrogen-bond donors (Lipinski definition) is 1. The van der Waals surface area contributed by atoms with Crippen molar-refractivity contribution in [2.24, 2.45) is 0 Å². The van der Waals surface area contributed by atoms with Crippen LogP contribution in [0.25, 0.3) is 0 Å². The smallest absolute Gasteiger partial charge is 0.242 e. The lowest BCUT2D eigenvalue weighted by Gasteiger charge is -2.15. The number of hydrogen-bond acceptors (Lipinski definition) is 3. The molecule has 0 saturated heterocycles. The van der Waals surface area contributed by atoms with Crippen LogP contribution in [0.5, 0.6) is 0 Å². The highest BCUT2D eigenvalue weighted by Crippen LogP contribution is 2.18. The van der Waals surface area contributed by atoms with Gasteiger partial charge < -0.3 is 5.32 Å². The third-order valence-electron chi connectivity index (χ3n) is 4.40. The van der Waals surface area contributed by atoms with Gasteiger partial charge in [0.25, 0.3) is 0 Å². The van der Waals surface area contributed by atoms with Gasteiger partial charge in [-0.2, -0.15) is 0 Å². The van der Waals surface area contributed by atoms with Crippen LogP contribution < -0.4 is 5.32 Å². The van der Waals surface area contributed by atoms with Gasteiger partial charge in [-0.05, 0) is 56.0 Å². The molecule has 134 valence electrons. The fourth-order valence-electron chi connectivity index (χ4n) is 2.53.